The number of ether oxygens (including phenoxy) is 2. The molecule has 0 radical (unpaired) electrons. The van der Waals surface area contributed by atoms with Gasteiger partial charge in [0.05, 0.1) is 12.2 Å². The summed E-state index contributed by atoms with van der Waals surface area (Å²) in [5.74, 6) is 1.54. The summed E-state index contributed by atoms with van der Waals surface area (Å²) in [5.41, 5.74) is 6.97. The Bertz CT molecular complexity index is 327. The van der Waals surface area contributed by atoms with E-state index in [-0.39, 0.29) is 11.1 Å². The first-order valence-corrected chi connectivity index (χ1v) is 8.66. The van der Waals surface area contributed by atoms with Crippen molar-refractivity contribution in [3.63, 3.8) is 0 Å². The van der Waals surface area contributed by atoms with E-state index in [4.69, 9.17) is 15.2 Å². The lowest BCUT2D eigenvalue weighted by Crippen LogP contribution is -2.53. The Labute approximate surface area is 123 Å². The largest absolute Gasteiger partial charge is 0.378 e. The van der Waals surface area contributed by atoms with Gasteiger partial charge >= 0.3 is 0 Å². The van der Waals surface area contributed by atoms with Crippen LogP contribution in [0.1, 0.15) is 64.7 Å². The van der Waals surface area contributed by atoms with E-state index in [1.54, 1.807) is 0 Å². The summed E-state index contributed by atoms with van der Waals surface area (Å²) in [6, 6.07) is 0. The first-order chi connectivity index (χ1) is 9.66. The molecule has 2 heterocycles. The Balaban J connectivity index is 1.67. The Kier molecular flexibility index (Phi) is 4.40. The minimum absolute atomic E-state index is 0.00570. The van der Waals surface area contributed by atoms with Crippen LogP contribution in [-0.2, 0) is 9.47 Å². The molecule has 1 aliphatic carbocycles. The van der Waals surface area contributed by atoms with Gasteiger partial charge in [0.25, 0.3) is 0 Å². The summed E-state index contributed by atoms with van der Waals surface area (Å²) < 4.78 is 11.7. The van der Waals surface area contributed by atoms with Gasteiger partial charge in [-0.1, -0.05) is 26.2 Å². The lowest BCUT2D eigenvalue weighted by Gasteiger charge is -2.45. The van der Waals surface area contributed by atoms with Crippen molar-refractivity contribution in [1.82, 2.24) is 0 Å². The first-order valence-electron chi connectivity index (χ1n) is 8.66. The lowest BCUT2D eigenvalue weighted by atomic mass is 9.70. The van der Waals surface area contributed by atoms with Gasteiger partial charge in [0.1, 0.15) is 0 Å². The molecule has 1 saturated carbocycles. The number of hydrogen-bond acceptors (Lipinski definition) is 3. The standard InChI is InChI=1S/C17H31NO2/c1-2-14-4-3-7-17(18,8-5-14)15-6-10-20-16(12-15)9-11-19-13-16/h14-15H,2-13,18H2,1H3. The topological polar surface area (TPSA) is 44.5 Å². The molecule has 0 aromatic heterocycles. The quantitative estimate of drug-likeness (QED) is 0.790. The molecular formula is C17H31NO2. The van der Waals surface area contributed by atoms with Gasteiger partial charge in [-0.05, 0) is 43.9 Å². The molecular weight excluding hydrogens is 250 g/mol. The molecule has 2 saturated heterocycles. The van der Waals surface area contributed by atoms with E-state index in [2.05, 4.69) is 6.92 Å². The maximum Gasteiger partial charge on any atom is 0.0940 e. The molecule has 4 unspecified atom stereocenters. The Morgan fingerprint density at radius 1 is 1.10 bits per heavy atom. The van der Waals surface area contributed by atoms with Crippen LogP contribution in [0.25, 0.3) is 0 Å². The van der Waals surface area contributed by atoms with Crippen LogP contribution in [0.5, 0.6) is 0 Å². The monoisotopic (exact) mass is 281 g/mol. The summed E-state index contributed by atoms with van der Waals surface area (Å²) in [4.78, 5) is 0. The Morgan fingerprint density at radius 3 is 2.75 bits per heavy atom. The molecule has 116 valence electrons. The van der Waals surface area contributed by atoms with Crippen LogP contribution in [-0.4, -0.2) is 31.0 Å². The molecule has 0 aromatic rings. The molecule has 3 aliphatic rings. The lowest BCUT2D eigenvalue weighted by molar-refractivity contribution is -0.110. The second-order valence-corrected chi connectivity index (χ2v) is 7.46. The van der Waals surface area contributed by atoms with Crippen molar-refractivity contribution >= 4 is 0 Å². The molecule has 3 nitrogen and oxygen atoms in total. The third-order valence-corrected chi connectivity index (χ3v) is 6.22. The molecule has 1 spiro atoms. The zero-order valence-electron chi connectivity index (χ0n) is 13.0. The highest BCUT2D eigenvalue weighted by molar-refractivity contribution is 5.00. The third kappa shape index (κ3) is 2.90. The molecule has 0 bridgehead atoms. The Hall–Kier alpha value is -0.120. The van der Waals surface area contributed by atoms with Crippen molar-refractivity contribution in [2.45, 2.75) is 75.9 Å². The van der Waals surface area contributed by atoms with Gasteiger partial charge in [0.15, 0.2) is 0 Å². The van der Waals surface area contributed by atoms with Gasteiger partial charge in [-0.15, -0.1) is 0 Å². The predicted molar refractivity (Wildman–Crippen MR) is 80.6 cm³/mol. The van der Waals surface area contributed by atoms with Crippen LogP contribution in [0, 0.1) is 11.8 Å². The van der Waals surface area contributed by atoms with Crippen molar-refractivity contribution in [2.75, 3.05) is 19.8 Å². The summed E-state index contributed by atoms with van der Waals surface area (Å²) in [6.07, 6.45) is 11.1. The minimum atomic E-state index is 0.00570. The SMILES string of the molecule is CCC1CCCC(N)(C2CCOC3(CCOC3)C2)CC1. The highest BCUT2D eigenvalue weighted by Gasteiger charge is 2.47. The normalized spacial score (nSPS) is 46.5. The molecule has 20 heavy (non-hydrogen) atoms. The van der Waals surface area contributed by atoms with Crippen molar-refractivity contribution in [3.05, 3.63) is 0 Å². The highest BCUT2D eigenvalue weighted by atomic mass is 16.6. The molecule has 2 N–H and O–H groups in total. The fourth-order valence-corrected chi connectivity index (χ4v) is 4.66. The smallest absolute Gasteiger partial charge is 0.0940 e. The zero-order valence-corrected chi connectivity index (χ0v) is 13.0. The second-order valence-electron chi connectivity index (χ2n) is 7.46. The van der Waals surface area contributed by atoms with Gasteiger partial charge in [-0.3, -0.25) is 0 Å². The fraction of sp³-hybridized carbons (Fsp3) is 1.00. The maximum atomic E-state index is 6.91. The van der Waals surface area contributed by atoms with Crippen molar-refractivity contribution in [1.29, 1.82) is 0 Å². The van der Waals surface area contributed by atoms with E-state index >= 15 is 0 Å². The molecule has 3 heteroatoms. The second kappa shape index (κ2) is 5.94. The average molecular weight is 281 g/mol. The van der Waals surface area contributed by atoms with E-state index in [0.29, 0.717) is 5.92 Å². The molecule has 3 fully saturated rings. The van der Waals surface area contributed by atoms with Crippen LogP contribution in [0.2, 0.25) is 0 Å². The van der Waals surface area contributed by atoms with E-state index in [0.717, 1.165) is 45.0 Å². The predicted octanol–water partition coefficient (Wildman–Crippen LogP) is 3.26. The van der Waals surface area contributed by atoms with Crippen molar-refractivity contribution < 1.29 is 9.47 Å². The van der Waals surface area contributed by atoms with E-state index < -0.39 is 0 Å². The van der Waals surface area contributed by atoms with Gasteiger partial charge < -0.3 is 15.2 Å². The van der Waals surface area contributed by atoms with Crippen LogP contribution >= 0.6 is 0 Å². The molecule has 2 aliphatic heterocycles. The molecule has 4 atom stereocenters. The third-order valence-electron chi connectivity index (χ3n) is 6.22. The van der Waals surface area contributed by atoms with Crippen LogP contribution in [0.3, 0.4) is 0 Å². The van der Waals surface area contributed by atoms with E-state index in [1.807, 2.05) is 0 Å². The number of nitrogens with two attached hydrogens (primary N) is 1. The van der Waals surface area contributed by atoms with Crippen LogP contribution < -0.4 is 5.73 Å². The van der Waals surface area contributed by atoms with Crippen LogP contribution in [0.4, 0.5) is 0 Å². The van der Waals surface area contributed by atoms with Gasteiger partial charge in [0.2, 0.25) is 0 Å². The summed E-state index contributed by atoms with van der Waals surface area (Å²) in [6.45, 7) is 4.86. The average Bonchev–Trinajstić information content (AvgIpc) is 2.80. The first kappa shape index (κ1) is 14.8. The molecule has 3 rings (SSSR count). The molecule has 0 aromatic carbocycles. The highest BCUT2D eigenvalue weighted by Crippen LogP contribution is 2.44. The fourth-order valence-electron chi connectivity index (χ4n) is 4.66. The van der Waals surface area contributed by atoms with Crippen molar-refractivity contribution in [2.24, 2.45) is 17.6 Å². The summed E-state index contributed by atoms with van der Waals surface area (Å²) in [5, 5.41) is 0. The number of hydrogen-bond donors (Lipinski definition) is 1. The van der Waals surface area contributed by atoms with Crippen LogP contribution in [0.15, 0.2) is 0 Å². The zero-order chi connectivity index (χ0) is 14.1. The molecule has 0 amide bonds. The van der Waals surface area contributed by atoms with Gasteiger partial charge in [-0.25, -0.2) is 0 Å². The van der Waals surface area contributed by atoms with Gasteiger partial charge in [0, 0.05) is 25.2 Å². The van der Waals surface area contributed by atoms with E-state index in [1.165, 1.54) is 38.5 Å². The summed E-state index contributed by atoms with van der Waals surface area (Å²) in [7, 11) is 0. The maximum absolute atomic E-state index is 6.91. The minimum Gasteiger partial charge on any atom is -0.378 e. The van der Waals surface area contributed by atoms with E-state index in [9.17, 15) is 0 Å². The Morgan fingerprint density at radius 2 is 2.00 bits per heavy atom. The summed E-state index contributed by atoms with van der Waals surface area (Å²) >= 11 is 0. The van der Waals surface area contributed by atoms with Crippen molar-refractivity contribution in [3.8, 4) is 0 Å². The number of rotatable bonds is 2. The van der Waals surface area contributed by atoms with Gasteiger partial charge in [-0.2, -0.15) is 0 Å².